The Morgan fingerprint density at radius 2 is 2.15 bits per heavy atom. The minimum atomic E-state index is -0.988. The summed E-state index contributed by atoms with van der Waals surface area (Å²) in [6, 6.07) is 11.2. The van der Waals surface area contributed by atoms with Gasteiger partial charge in [0.05, 0.1) is 6.42 Å². The maximum atomic E-state index is 12.2. The summed E-state index contributed by atoms with van der Waals surface area (Å²) in [6.45, 7) is 5.60. The van der Waals surface area contributed by atoms with Crippen LogP contribution in [0.3, 0.4) is 0 Å². The number of hydrogen-bond donors (Lipinski definition) is 2. The third-order valence-electron chi connectivity index (χ3n) is 4.53. The number of benzene rings is 2. The molecule has 6 heteroatoms. The maximum Gasteiger partial charge on any atom is 0.305 e. The monoisotopic (exact) mass is 354 g/mol. The van der Waals surface area contributed by atoms with Gasteiger partial charge in [-0.15, -0.1) is 0 Å². The van der Waals surface area contributed by atoms with Crippen molar-refractivity contribution in [3.8, 4) is 5.75 Å². The van der Waals surface area contributed by atoms with E-state index in [-0.39, 0.29) is 12.3 Å². The van der Waals surface area contributed by atoms with Crippen molar-refractivity contribution in [2.75, 3.05) is 19.7 Å². The number of carbonyl (C=O) groups excluding carboxylic acids is 1. The molecule has 1 amide bonds. The number of fused-ring (bicyclic) bond motifs is 1. The highest BCUT2D eigenvalue weighted by Gasteiger charge is 2.32. The zero-order valence-corrected chi connectivity index (χ0v) is 14.5. The predicted octanol–water partition coefficient (Wildman–Crippen LogP) is 2.18. The van der Waals surface area contributed by atoms with Crippen molar-refractivity contribution < 1.29 is 19.4 Å². The van der Waals surface area contributed by atoms with E-state index < -0.39 is 12.0 Å². The van der Waals surface area contributed by atoms with Crippen LogP contribution in [0.25, 0.3) is 10.8 Å². The number of carbonyl (C=O) groups is 2. The van der Waals surface area contributed by atoms with Crippen LogP contribution in [0.5, 0.6) is 5.75 Å². The van der Waals surface area contributed by atoms with E-state index in [4.69, 9.17) is 9.84 Å². The molecule has 1 unspecified atom stereocenters. The quantitative estimate of drug-likeness (QED) is 0.745. The fraction of sp³-hybridized carbons (Fsp3) is 0.300. The normalized spacial score (nSPS) is 17.7. The van der Waals surface area contributed by atoms with E-state index in [2.05, 4.69) is 11.9 Å². The number of piperazine rings is 1. The second-order valence-electron chi connectivity index (χ2n) is 6.24. The van der Waals surface area contributed by atoms with Gasteiger partial charge in [0.2, 0.25) is 5.91 Å². The number of aliphatic carboxylic acids is 1. The summed E-state index contributed by atoms with van der Waals surface area (Å²) in [6.07, 6.45) is 1.46. The fourth-order valence-corrected chi connectivity index (χ4v) is 3.30. The van der Waals surface area contributed by atoms with Crippen LogP contribution in [0.2, 0.25) is 0 Å². The molecule has 1 aliphatic rings. The standard InChI is InChI=1S/C20H22N2O4/c1-2-11-26-18-8-7-14-5-3-4-6-15(14)16(18)13-22-10-9-21-20(25)17(22)12-19(23)24/h2-8,17H,1,9-13H2,(H,21,25)(H,23,24). The predicted molar refractivity (Wildman–Crippen MR) is 99.1 cm³/mol. The largest absolute Gasteiger partial charge is 0.489 e. The van der Waals surface area contributed by atoms with Gasteiger partial charge in [-0.2, -0.15) is 0 Å². The van der Waals surface area contributed by atoms with Gasteiger partial charge in [0.15, 0.2) is 0 Å². The van der Waals surface area contributed by atoms with Crippen molar-refractivity contribution in [2.24, 2.45) is 0 Å². The molecule has 6 nitrogen and oxygen atoms in total. The molecule has 136 valence electrons. The summed E-state index contributed by atoms with van der Waals surface area (Å²) >= 11 is 0. The van der Waals surface area contributed by atoms with Crippen molar-refractivity contribution in [1.29, 1.82) is 0 Å². The molecule has 0 radical (unpaired) electrons. The second-order valence-corrected chi connectivity index (χ2v) is 6.24. The highest BCUT2D eigenvalue weighted by molar-refractivity contribution is 5.89. The molecular weight excluding hydrogens is 332 g/mol. The number of amides is 1. The summed E-state index contributed by atoms with van der Waals surface area (Å²) in [4.78, 5) is 25.3. The molecule has 1 saturated heterocycles. The molecule has 1 heterocycles. The number of carboxylic acid groups (broad SMARTS) is 1. The van der Waals surface area contributed by atoms with Gasteiger partial charge in [-0.25, -0.2) is 0 Å². The molecule has 2 N–H and O–H groups in total. The first-order valence-electron chi connectivity index (χ1n) is 8.58. The summed E-state index contributed by atoms with van der Waals surface area (Å²) in [7, 11) is 0. The zero-order chi connectivity index (χ0) is 18.5. The van der Waals surface area contributed by atoms with Crippen LogP contribution in [0.1, 0.15) is 12.0 Å². The Bertz CT molecular complexity index is 834. The maximum absolute atomic E-state index is 12.2. The van der Waals surface area contributed by atoms with Gasteiger partial charge in [-0.1, -0.05) is 43.0 Å². The zero-order valence-electron chi connectivity index (χ0n) is 14.5. The van der Waals surface area contributed by atoms with Gasteiger partial charge < -0.3 is 15.2 Å². The molecule has 2 aromatic rings. The molecule has 0 saturated carbocycles. The van der Waals surface area contributed by atoms with Crippen molar-refractivity contribution in [3.63, 3.8) is 0 Å². The van der Waals surface area contributed by atoms with Crippen LogP contribution in [-0.2, 0) is 16.1 Å². The fourth-order valence-electron chi connectivity index (χ4n) is 3.30. The molecule has 0 aromatic heterocycles. The van der Waals surface area contributed by atoms with Crippen molar-refractivity contribution >= 4 is 22.6 Å². The number of carboxylic acids is 1. The van der Waals surface area contributed by atoms with Gasteiger partial charge >= 0.3 is 5.97 Å². The van der Waals surface area contributed by atoms with E-state index in [0.29, 0.717) is 26.2 Å². The lowest BCUT2D eigenvalue weighted by atomic mass is 10.0. The summed E-state index contributed by atoms with van der Waals surface area (Å²) in [5, 5.41) is 14.0. The van der Waals surface area contributed by atoms with Crippen molar-refractivity contribution in [2.45, 2.75) is 19.0 Å². The molecule has 0 spiro atoms. The van der Waals surface area contributed by atoms with Gasteiger partial charge in [-0.3, -0.25) is 14.5 Å². The number of hydrogen-bond acceptors (Lipinski definition) is 4. The lowest BCUT2D eigenvalue weighted by molar-refractivity contribution is -0.143. The molecule has 2 aromatic carbocycles. The Balaban J connectivity index is 1.98. The SMILES string of the molecule is C=CCOc1ccc2ccccc2c1CN1CCNC(=O)C1CC(=O)O. The molecular formula is C20H22N2O4. The van der Waals surface area contributed by atoms with Crippen LogP contribution < -0.4 is 10.1 Å². The summed E-state index contributed by atoms with van der Waals surface area (Å²) in [5.74, 6) is -0.505. The smallest absolute Gasteiger partial charge is 0.305 e. The van der Waals surface area contributed by atoms with Crippen LogP contribution in [0, 0.1) is 0 Å². The molecule has 0 aliphatic carbocycles. The Hall–Kier alpha value is -2.86. The summed E-state index contributed by atoms with van der Waals surface area (Å²) in [5.41, 5.74) is 0.954. The summed E-state index contributed by atoms with van der Waals surface area (Å²) < 4.78 is 5.82. The van der Waals surface area contributed by atoms with Gasteiger partial charge in [0.1, 0.15) is 18.4 Å². The van der Waals surface area contributed by atoms with Gasteiger partial charge in [0, 0.05) is 25.2 Å². The molecule has 1 fully saturated rings. The van der Waals surface area contributed by atoms with E-state index in [1.165, 1.54) is 0 Å². The topological polar surface area (TPSA) is 78.9 Å². The van der Waals surface area contributed by atoms with E-state index in [9.17, 15) is 9.59 Å². The van der Waals surface area contributed by atoms with E-state index in [1.807, 2.05) is 41.3 Å². The van der Waals surface area contributed by atoms with E-state index in [1.54, 1.807) is 6.08 Å². The lowest BCUT2D eigenvalue weighted by Gasteiger charge is -2.34. The first-order chi connectivity index (χ1) is 12.6. The van der Waals surface area contributed by atoms with Crippen LogP contribution in [0.4, 0.5) is 0 Å². The van der Waals surface area contributed by atoms with E-state index in [0.717, 1.165) is 22.1 Å². The van der Waals surface area contributed by atoms with Crippen LogP contribution >= 0.6 is 0 Å². The molecule has 0 bridgehead atoms. The van der Waals surface area contributed by atoms with Gasteiger partial charge in [0.25, 0.3) is 0 Å². The van der Waals surface area contributed by atoms with Crippen molar-refractivity contribution in [1.82, 2.24) is 10.2 Å². The average molecular weight is 354 g/mol. The van der Waals surface area contributed by atoms with E-state index >= 15 is 0 Å². The lowest BCUT2D eigenvalue weighted by Crippen LogP contribution is -2.55. The van der Waals surface area contributed by atoms with Crippen molar-refractivity contribution in [3.05, 3.63) is 54.6 Å². The van der Waals surface area contributed by atoms with Crippen LogP contribution in [0.15, 0.2) is 49.1 Å². The number of rotatable bonds is 7. The number of nitrogens with one attached hydrogen (secondary N) is 1. The highest BCUT2D eigenvalue weighted by Crippen LogP contribution is 2.30. The average Bonchev–Trinajstić information content (AvgIpc) is 2.63. The molecule has 1 aliphatic heterocycles. The molecule has 1 atom stereocenters. The minimum Gasteiger partial charge on any atom is -0.489 e. The van der Waals surface area contributed by atoms with Gasteiger partial charge in [-0.05, 0) is 16.8 Å². The third kappa shape index (κ3) is 3.86. The molecule has 26 heavy (non-hydrogen) atoms. The Labute approximate surface area is 152 Å². The second kappa shape index (κ2) is 8.01. The number of nitrogens with zero attached hydrogens (tertiary/aromatic N) is 1. The minimum absolute atomic E-state index is 0.223. The first-order valence-corrected chi connectivity index (χ1v) is 8.58. The Kier molecular flexibility index (Phi) is 5.53. The van der Waals surface area contributed by atoms with Crippen LogP contribution in [-0.4, -0.2) is 47.6 Å². The highest BCUT2D eigenvalue weighted by atomic mass is 16.5. The number of ether oxygens (including phenoxy) is 1. The third-order valence-corrected chi connectivity index (χ3v) is 4.53. The first kappa shape index (κ1) is 17.9. The Morgan fingerprint density at radius 1 is 1.35 bits per heavy atom. The molecule has 3 rings (SSSR count). The Morgan fingerprint density at radius 3 is 2.92 bits per heavy atom.